The third kappa shape index (κ3) is 2.82. The van der Waals surface area contributed by atoms with Crippen LogP contribution in [0.3, 0.4) is 0 Å². The summed E-state index contributed by atoms with van der Waals surface area (Å²) < 4.78 is 0. The van der Waals surface area contributed by atoms with Gasteiger partial charge < -0.3 is 5.32 Å². The van der Waals surface area contributed by atoms with Gasteiger partial charge in [0.25, 0.3) is 0 Å². The van der Waals surface area contributed by atoms with Crippen molar-refractivity contribution < 1.29 is 0 Å². The number of thiocarbonyl (C=S) groups is 1. The fourth-order valence-electron chi connectivity index (χ4n) is 0.952. The predicted octanol–water partition coefficient (Wildman–Crippen LogP) is 3.02. The number of benzene rings is 1. The fourth-order valence-corrected chi connectivity index (χ4v) is 1.05. The monoisotopic (exact) mass is 190 g/mol. The Balaban J connectivity index is 2.90. The van der Waals surface area contributed by atoms with Crippen LogP contribution in [0.1, 0.15) is 0 Å². The summed E-state index contributed by atoms with van der Waals surface area (Å²) in [6, 6.07) is 7.66. The van der Waals surface area contributed by atoms with Crippen LogP contribution in [0.15, 0.2) is 41.9 Å². The van der Waals surface area contributed by atoms with Gasteiger partial charge >= 0.3 is 0 Å². The van der Waals surface area contributed by atoms with E-state index >= 15 is 0 Å². The Labute approximate surface area is 83.0 Å². The summed E-state index contributed by atoms with van der Waals surface area (Å²) in [4.78, 5) is 3.93. The molecule has 3 heteroatoms. The Morgan fingerprint density at radius 3 is 3.00 bits per heavy atom. The van der Waals surface area contributed by atoms with E-state index in [1.807, 2.05) is 24.3 Å². The van der Waals surface area contributed by atoms with Gasteiger partial charge in [-0.2, -0.15) is 4.99 Å². The molecule has 0 heterocycles. The molecule has 0 fully saturated rings. The highest BCUT2D eigenvalue weighted by Crippen LogP contribution is 2.23. The average molecular weight is 190 g/mol. The minimum Gasteiger partial charge on any atom is -0.380 e. The summed E-state index contributed by atoms with van der Waals surface area (Å²) in [5, 5.41) is 5.49. The zero-order valence-electron chi connectivity index (χ0n) is 7.16. The molecule has 1 N–H and O–H groups in total. The van der Waals surface area contributed by atoms with Crippen molar-refractivity contribution in [2.45, 2.75) is 0 Å². The van der Waals surface area contributed by atoms with Crippen LogP contribution in [-0.2, 0) is 0 Å². The van der Waals surface area contributed by atoms with Gasteiger partial charge in [0.2, 0.25) is 0 Å². The standard InChI is InChI=1S/C10H10N2S/c1-2-7-11-9-5-3-4-6-10(9)12-8-13/h2-6,11H,1,7H2. The minimum absolute atomic E-state index is 0.712. The van der Waals surface area contributed by atoms with Crippen LogP contribution >= 0.6 is 12.2 Å². The van der Waals surface area contributed by atoms with Crippen molar-refractivity contribution >= 4 is 28.8 Å². The van der Waals surface area contributed by atoms with Gasteiger partial charge in [0, 0.05) is 6.54 Å². The van der Waals surface area contributed by atoms with Gasteiger partial charge in [-0.15, -0.1) is 6.58 Å². The second kappa shape index (κ2) is 5.25. The molecule has 0 aliphatic heterocycles. The average Bonchev–Trinajstić information content (AvgIpc) is 2.17. The first-order valence-corrected chi connectivity index (χ1v) is 4.31. The number of aliphatic imine (C=N–C) groups is 1. The predicted molar refractivity (Wildman–Crippen MR) is 59.8 cm³/mol. The zero-order chi connectivity index (χ0) is 9.52. The van der Waals surface area contributed by atoms with Crippen LogP contribution < -0.4 is 5.32 Å². The second-order valence-electron chi connectivity index (χ2n) is 2.39. The topological polar surface area (TPSA) is 24.4 Å². The molecule has 0 atom stereocenters. The molecule has 0 saturated carbocycles. The van der Waals surface area contributed by atoms with Crippen molar-refractivity contribution in [2.24, 2.45) is 4.99 Å². The Hall–Kier alpha value is -1.44. The molecule has 0 saturated heterocycles. The number of nitrogens with one attached hydrogen (secondary N) is 1. The third-order valence-corrected chi connectivity index (χ3v) is 1.60. The lowest BCUT2D eigenvalue weighted by Crippen LogP contribution is -1.97. The fraction of sp³-hybridized carbons (Fsp3) is 0.100. The molecule has 0 spiro atoms. The van der Waals surface area contributed by atoms with E-state index in [1.54, 1.807) is 6.08 Å². The first-order valence-electron chi connectivity index (χ1n) is 3.90. The van der Waals surface area contributed by atoms with E-state index in [0.717, 1.165) is 11.4 Å². The van der Waals surface area contributed by atoms with E-state index < -0.39 is 0 Å². The molecule has 1 aromatic rings. The summed E-state index contributed by atoms with van der Waals surface area (Å²) in [6.07, 6.45) is 1.79. The molecular weight excluding hydrogens is 180 g/mol. The van der Waals surface area contributed by atoms with Crippen LogP contribution in [0.4, 0.5) is 11.4 Å². The van der Waals surface area contributed by atoms with Gasteiger partial charge in [-0.25, -0.2) is 0 Å². The number of hydrogen-bond acceptors (Lipinski definition) is 3. The number of nitrogens with zero attached hydrogens (tertiary/aromatic N) is 1. The number of hydrogen-bond donors (Lipinski definition) is 1. The smallest absolute Gasteiger partial charge is 0.0970 e. The van der Waals surface area contributed by atoms with E-state index in [9.17, 15) is 0 Å². The van der Waals surface area contributed by atoms with Crippen LogP contribution in [-0.4, -0.2) is 11.7 Å². The molecule has 1 aromatic carbocycles. The van der Waals surface area contributed by atoms with Crippen molar-refractivity contribution in [3.05, 3.63) is 36.9 Å². The number of para-hydroxylation sites is 2. The van der Waals surface area contributed by atoms with Crippen molar-refractivity contribution in [2.75, 3.05) is 11.9 Å². The maximum atomic E-state index is 4.54. The molecule has 0 amide bonds. The van der Waals surface area contributed by atoms with Crippen LogP contribution in [0.2, 0.25) is 0 Å². The van der Waals surface area contributed by atoms with Crippen LogP contribution in [0.5, 0.6) is 0 Å². The second-order valence-corrected chi connectivity index (χ2v) is 2.57. The normalized spacial score (nSPS) is 8.62. The summed E-state index contributed by atoms with van der Waals surface area (Å²) in [6.45, 7) is 4.33. The molecule has 1 rings (SSSR count). The zero-order valence-corrected chi connectivity index (χ0v) is 7.97. The molecule has 0 unspecified atom stereocenters. The van der Waals surface area contributed by atoms with E-state index in [0.29, 0.717) is 6.54 Å². The summed E-state index contributed by atoms with van der Waals surface area (Å²) in [5.74, 6) is 0. The van der Waals surface area contributed by atoms with Gasteiger partial charge in [-0.1, -0.05) is 18.2 Å². The van der Waals surface area contributed by atoms with Crippen molar-refractivity contribution in [1.29, 1.82) is 0 Å². The molecule has 0 aliphatic rings. The number of rotatable bonds is 4. The Bertz CT molecular complexity index is 341. The van der Waals surface area contributed by atoms with Gasteiger partial charge in [0.05, 0.1) is 16.5 Å². The maximum absolute atomic E-state index is 4.54. The van der Waals surface area contributed by atoms with Crippen molar-refractivity contribution in [3.63, 3.8) is 0 Å². The van der Waals surface area contributed by atoms with E-state index in [4.69, 9.17) is 0 Å². The first kappa shape index (κ1) is 9.65. The quantitative estimate of drug-likeness (QED) is 0.448. The van der Waals surface area contributed by atoms with Gasteiger partial charge in [0.15, 0.2) is 0 Å². The van der Waals surface area contributed by atoms with E-state index in [2.05, 4.69) is 34.3 Å². The van der Waals surface area contributed by atoms with E-state index in [1.165, 1.54) is 0 Å². The lowest BCUT2D eigenvalue weighted by atomic mass is 10.2. The third-order valence-electron chi connectivity index (χ3n) is 1.51. The SMILES string of the molecule is C=CCNc1ccccc1N=C=S. The number of anilines is 1. The first-order chi connectivity index (χ1) is 6.38. The molecule has 13 heavy (non-hydrogen) atoms. The minimum atomic E-state index is 0.712. The largest absolute Gasteiger partial charge is 0.380 e. The molecule has 0 bridgehead atoms. The lowest BCUT2D eigenvalue weighted by Gasteiger charge is -2.04. The maximum Gasteiger partial charge on any atom is 0.0970 e. The Morgan fingerprint density at radius 1 is 1.54 bits per heavy atom. The highest BCUT2D eigenvalue weighted by Gasteiger charge is 1.96. The number of isothiocyanates is 1. The van der Waals surface area contributed by atoms with Gasteiger partial charge in [0.1, 0.15) is 0 Å². The molecular formula is C10H10N2S. The van der Waals surface area contributed by atoms with Crippen molar-refractivity contribution in [3.8, 4) is 0 Å². The Morgan fingerprint density at radius 2 is 2.31 bits per heavy atom. The highest BCUT2D eigenvalue weighted by atomic mass is 32.1. The Kier molecular flexibility index (Phi) is 3.89. The lowest BCUT2D eigenvalue weighted by molar-refractivity contribution is 1.33. The molecule has 0 aromatic heterocycles. The van der Waals surface area contributed by atoms with Crippen LogP contribution in [0, 0.1) is 0 Å². The summed E-state index contributed by atoms with van der Waals surface area (Å²) in [7, 11) is 0. The summed E-state index contributed by atoms with van der Waals surface area (Å²) >= 11 is 4.54. The molecule has 0 radical (unpaired) electrons. The van der Waals surface area contributed by atoms with Gasteiger partial charge in [-0.05, 0) is 24.4 Å². The highest BCUT2D eigenvalue weighted by molar-refractivity contribution is 7.78. The molecule has 0 aliphatic carbocycles. The molecule has 66 valence electrons. The van der Waals surface area contributed by atoms with Crippen LogP contribution in [0.25, 0.3) is 0 Å². The van der Waals surface area contributed by atoms with Crippen molar-refractivity contribution in [1.82, 2.24) is 0 Å². The van der Waals surface area contributed by atoms with E-state index in [-0.39, 0.29) is 0 Å². The van der Waals surface area contributed by atoms with Gasteiger partial charge in [-0.3, -0.25) is 0 Å². The summed E-state index contributed by atoms with van der Waals surface area (Å²) in [5.41, 5.74) is 1.75. The molecule has 2 nitrogen and oxygen atoms in total.